The fourth-order valence-electron chi connectivity index (χ4n) is 2.37. The van der Waals surface area contributed by atoms with Gasteiger partial charge in [-0.25, -0.2) is 0 Å². The molecule has 0 radical (unpaired) electrons. The summed E-state index contributed by atoms with van der Waals surface area (Å²) >= 11 is 0. The molecule has 1 aliphatic heterocycles. The molecule has 0 saturated carbocycles. The monoisotopic (exact) mass is 362 g/mol. The number of benzene rings is 1. The highest BCUT2D eigenvalue weighted by Crippen LogP contribution is 2.40. The normalized spacial score (nSPS) is 14.7. The maximum Gasteiger partial charge on any atom is 0.244 e. The molecule has 26 heavy (non-hydrogen) atoms. The Morgan fingerprint density at radius 1 is 1.23 bits per heavy atom. The topological polar surface area (TPSA) is 85.9 Å². The van der Waals surface area contributed by atoms with Gasteiger partial charge in [0.25, 0.3) is 0 Å². The van der Waals surface area contributed by atoms with Crippen molar-refractivity contribution in [1.29, 1.82) is 0 Å². The summed E-state index contributed by atoms with van der Waals surface area (Å²) in [5, 5.41) is 5.46. The van der Waals surface area contributed by atoms with Crippen molar-refractivity contribution in [2.24, 2.45) is 0 Å². The maximum atomic E-state index is 12.1. The average molecular weight is 362 g/mol. The van der Waals surface area contributed by atoms with Crippen LogP contribution in [0.4, 0.5) is 0 Å². The molecule has 7 heteroatoms. The molecule has 1 unspecified atom stereocenters. The lowest BCUT2D eigenvalue weighted by Gasteiger charge is -2.23. The van der Waals surface area contributed by atoms with Gasteiger partial charge < -0.3 is 24.8 Å². The quantitative estimate of drug-likeness (QED) is 0.782. The van der Waals surface area contributed by atoms with Crippen LogP contribution in [-0.2, 0) is 9.59 Å². The van der Waals surface area contributed by atoms with Gasteiger partial charge in [0.1, 0.15) is 19.3 Å². The standard InChI is InChI=1S/C19H26N2O5/c1-12(18(23)21-19(2,3)4)20-16(22)7-6-13-10-14(24-5)17-15(11-13)25-8-9-26-17/h6-7,10-12H,8-9H2,1-5H3,(H,20,22)(H,21,23)/b7-6+. The van der Waals surface area contributed by atoms with Crippen molar-refractivity contribution >= 4 is 17.9 Å². The maximum absolute atomic E-state index is 12.1. The first kappa shape index (κ1) is 19.6. The van der Waals surface area contributed by atoms with Gasteiger partial charge >= 0.3 is 0 Å². The molecule has 1 aromatic carbocycles. The molecule has 1 atom stereocenters. The predicted molar refractivity (Wildman–Crippen MR) is 98.5 cm³/mol. The molecule has 0 spiro atoms. The third-order valence-electron chi connectivity index (χ3n) is 3.53. The van der Waals surface area contributed by atoms with E-state index in [1.165, 1.54) is 6.08 Å². The van der Waals surface area contributed by atoms with E-state index in [4.69, 9.17) is 14.2 Å². The largest absolute Gasteiger partial charge is 0.493 e. The van der Waals surface area contributed by atoms with Gasteiger partial charge in [-0.05, 0) is 51.5 Å². The third kappa shape index (κ3) is 5.40. The Balaban J connectivity index is 2.03. The summed E-state index contributed by atoms with van der Waals surface area (Å²) in [6.07, 6.45) is 3.00. The number of nitrogens with one attached hydrogen (secondary N) is 2. The van der Waals surface area contributed by atoms with Crippen LogP contribution in [0.3, 0.4) is 0 Å². The first-order valence-corrected chi connectivity index (χ1v) is 8.48. The number of amides is 2. The minimum Gasteiger partial charge on any atom is -0.493 e. The fourth-order valence-corrected chi connectivity index (χ4v) is 2.37. The van der Waals surface area contributed by atoms with Crippen LogP contribution in [0.1, 0.15) is 33.3 Å². The highest BCUT2D eigenvalue weighted by Gasteiger charge is 2.20. The van der Waals surface area contributed by atoms with E-state index < -0.39 is 6.04 Å². The van der Waals surface area contributed by atoms with Crippen molar-refractivity contribution in [1.82, 2.24) is 10.6 Å². The Hall–Kier alpha value is -2.70. The first-order valence-electron chi connectivity index (χ1n) is 8.48. The molecule has 1 heterocycles. The van der Waals surface area contributed by atoms with Crippen LogP contribution in [0.15, 0.2) is 18.2 Å². The predicted octanol–water partition coefficient (Wildman–Crippen LogP) is 1.90. The Bertz CT molecular complexity index is 689. The van der Waals surface area contributed by atoms with Gasteiger partial charge in [-0.2, -0.15) is 0 Å². The zero-order chi connectivity index (χ0) is 19.3. The zero-order valence-electron chi connectivity index (χ0n) is 15.8. The second kappa shape index (κ2) is 8.12. The van der Waals surface area contributed by atoms with Crippen molar-refractivity contribution in [2.75, 3.05) is 20.3 Å². The molecule has 0 aromatic heterocycles. The zero-order valence-corrected chi connectivity index (χ0v) is 15.8. The lowest BCUT2D eigenvalue weighted by Crippen LogP contribution is -2.50. The highest BCUT2D eigenvalue weighted by molar-refractivity contribution is 5.95. The van der Waals surface area contributed by atoms with Crippen LogP contribution in [0.2, 0.25) is 0 Å². The van der Waals surface area contributed by atoms with E-state index >= 15 is 0 Å². The molecule has 0 fully saturated rings. The Morgan fingerprint density at radius 2 is 1.92 bits per heavy atom. The molecule has 0 saturated heterocycles. The van der Waals surface area contributed by atoms with Gasteiger partial charge in [-0.3, -0.25) is 9.59 Å². The summed E-state index contributed by atoms with van der Waals surface area (Å²) in [7, 11) is 1.54. The number of carbonyl (C=O) groups is 2. The van der Waals surface area contributed by atoms with E-state index in [1.54, 1.807) is 32.2 Å². The van der Waals surface area contributed by atoms with Crippen molar-refractivity contribution in [3.63, 3.8) is 0 Å². The molecule has 2 amide bonds. The molecule has 0 bridgehead atoms. The molecule has 2 rings (SSSR count). The van der Waals surface area contributed by atoms with Gasteiger partial charge in [-0.15, -0.1) is 0 Å². The molecular formula is C19H26N2O5. The summed E-state index contributed by atoms with van der Waals surface area (Å²) in [6, 6.07) is 2.89. The van der Waals surface area contributed by atoms with E-state index in [2.05, 4.69) is 10.6 Å². The number of hydrogen-bond donors (Lipinski definition) is 2. The second-order valence-corrected chi connectivity index (χ2v) is 7.05. The van der Waals surface area contributed by atoms with Crippen LogP contribution < -0.4 is 24.8 Å². The lowest BCUT2D eigenvalue weighted by atomic mass is 10.1. The Labute approximate surface area is 153 Å². The molecular weight excluding hydrogens is 336 g/mol. The van der Waals surface area contributed by atoms with Crippen molar-refractivity contribution < 1.29 is 23.8 Å². The summed E-state index contributed by atoms with van der Waals surface area (Å²) in [5.74, 6) is 1.08. The molecule has 2 N–H and O–H groups in total. The van der Waals surface area contributed by atoms with Gasteiger partial charge in [0.15, 0.2) is 11.5 Å². The highest BCUT2D eigenvalue weighted by atomic mass is 16.6. The van der Waals surface area contributed by atoms with Crippen LogP contribution >= 0.6 is 0 Å². The van der Waals surface area contributed by atoms with Crippen LogP contribution in [-0.4, -0.2) is 43.7 Å². The Morgan fingerprint density at radius 3 is 2.58 bits per heavy atom. The van der Waals surface area contributed by atoms with Gasteiger partial charge in [-0.1, -0.05) is 0 Å². The van der Waals surface area contributed by atoms with Crippen molar-refractivity contribution in [3.05, 3.63) is 23.8 Å². The van der Waals surface area contributed by atoms with E-state index in [0.717, 1.165) is 5.56 Å². The smallest absolute Gasteiger partial charge is 0.244 e. The van der Waals surface area contributed by atoms with E-state index in [1.807, 2.05) is 20.8 Å². The number of fused-ring (bicyclic) bond motifs is 1. The van der Waals surface area contributed by atoms with E-state index in [-0.39, 0.29) is 17.4 Å². The Kier molecular flexibility index (Phi) is 6.13. The fraction of sp³-hybridized carbons (Fsp3) is 0.474. The number of rotatable bonds is 5. The summed E-state index contributed by atoms with van der Waals surface area (Å²) < 4.78 is 16.4. The summed E-state index contributed by atoms with van der Waals surface area (Å²) in [6.45, 7) is 8.22. The van der Waals surface area contributed by atoms with Crippen molar-refractivity contribution in [2.45, 2.75) is 39.3 Å². The molecule has 1 aliphatic rings. The number of carbonyl (C=O) groups excluding carboxylic acids is 2. The number of ether oxygens (including phenoxy) is 3. The second-order valence-electron chi connectivity index (χ2n) is 7.05. The van der Waals surface area contributed by atoms with Gasteiger partial charge in [0, 0.05) is 11.6 Å². The number of hydrogen-bond acceptors (Lipinski definition) is 5. The van der Waals surface area contributed by atoms with Gasteiger partial charge in [0.05, 0.1) is 7.11 Å². The van der Waals surface area contributed by atoms with E-state index in [0.29, 0.717) is 30.5 Å². The first-order chi connectivity index (χ1) is 12.2. The summed E-state index contributed by atoms with van der Waals surface area (Å²) in [4.78, 5) is 24.1. The molecule has 7 nitrogen and oxygen atoms in total. The number of methoxy groups -OCH3 is 1. The van der Waals surface area contributed by atoms with Crippen LogP contribution in [0.5, 0.6) is 17.2 Å². The van der Waals surface area contributed by atoms with Crippen molar-refractivity contribution in [3.8, 4) is 17.2 Å². The molecule has 0 aliphatic carbocycles. The van der Waals surface area contributed by atoms with Gasteiger partial charge in [0.2, 0.25) is 17.6 Å². The molecule has 1 aromatic rings. The summed E-state index contributed by atoms with van der Waals surface area (Å²) in [5.41, 5.74) is 0.376. The minimum atomic E-state index is -0.638. The minimum absolute atomic E-state index is 0.236. The van der Waals surface area contributed by atoms with Crippen LogP contribution in [0, 0.1) is 0 Å². The van der Waals surface area contributed by atoms with E-state index in [9.17, 15) is 9.59 Å². The SMILES string of the molecule is COc1cc(/C=C/C(=O)NC(C)C(=O)NC(C)(C)C)cc2c1OCCO2. The lowest BCUT2D eigenvalue weighted by molar-refractivity contribution is -0.127. The average Bonchev–Trinajstić information content (AvgIpc) is 2.57. The molecule has 142 valence electrons. The van der Waals surface area contributed by atoms with Crippen LogP contribution in [0.25, 0.3) is 6.08 Å². The third-order valence-corrected chi connectivity index (χ3v) is 3.53.